The summed E-state index contributed by atoms with van der Waals surface area (Å²) in [5, 5.41) is 17.1. The van der Waals surface area contributed by atoms with Gasteiger partial charge in [0.05, 0.1) is 17.6 Å². The maximum Gasteiger partial charge on any atom is 0.154 e. The topological polar surface area (TPSA) is 44.1 Å². The largest absolute Gasteiger partial charge is 0.338 e. The van der Waals surface area contributed by atoms with E-state index in [9.17, 15) is 5.41 Å². The molecule has 1 N–H and O–H groups in total. The number of amidine groups is 2. The SMILES string of the molecule is CC1(C)c2c(c3ccccc3c3ccccc23)-c2ccc3c4ccccc4n(-c4ccc(-c5cccc(C(=N)/N=C6/C(c7ccccc7)=CC7(c8ccccc8)CN67)c5)cc4)c3c21. The lowest BCUT2D eigenvalue weighted by Gasteiger charge is -2.25. The van der Waals surface area contributed by atoms with Gasteiger partial charge in [0.2, 0.25) is 0 Å². The number of nitrogens with zero attached hydrogens (tertiary/aromatic N) is 3. The van der Waals surface area contributed by atoms with Gasteiger partial charge in [0, 0.05) is 33.0 Å². The maximum absolute atomic E-state index is 9.35. The predicted molar refractivity (Wildman–Crippen MR) is 262 cm³/mol. The molecular weight excluding hydrogens is 765 g/mol. The van der Waals surface area contributed by atoms with Crippen molar-refractivity contribution in [2.45, 2.75) is 24.8 Å². The van der Waals surface area contributed by atoms with E-state index in [1.807, 2.05) is 18.2 Å². The molecule has 0 bridgehead atoms. The minimum Gasteiger partial charge on any atom is -0.338 e. The van der Waals surface area contributed by atoms with Crippen LogP contribution in [0.1, 0.15) is 41.7 Å². The van der Waals surface area contributed by atoms with Crippen LogP contribution in [-0.4, -0.2) is 27.7 Å². The number of hydrogen-bond donors (Lipinski definition) is 1. The van der Waals surface area contributed by atoms with Crippen LogP contribution in [0, 0.1) is 5.41 Å². The van der Waals surface area contributed by atoms with Crippen LogP contribution in [0.3, 0.4) is 0 Å². The molecule has 10 aromatic rings. The Kier molecular flexibility index (Phi) is 7.46. The minimum absolute atomic E-state index is 0.214. The number of rotatable bonds is 5. The summed E-state index contributed by atoms with van der Waals surface area (Å²) in [5.74, 6) is 1.11. The molecule has 1 aromatic heterocycles. The van der Waals surface area contributed by atoms with Gasteiger partial charge in [0.15, 0.2) is 5.84 Å². The Hall–Kier alpha value is -7.82. The molecule has 0 spiro atoms. The highest BCUT2D eigenvalue weighted by molar-refractivity contribution is 6.30. The molecule has 0 radical (unpaired) electrons. The van der Waals surface area contributed by atoms with Crippen LogP contribution in [-0.2, 0) is 11.0 Å². The number of nitrogens with one attached hydrogen (secondary N) is 1. The third-order valence-corrected chi connectivity index (χ3v) is 14.1. The lowest BCUT2D eigenvalue weighted by atomic mass is 9.78. The fourth-order valence-corrected chi connectivity index (χ4v) is 11.2. The van der Waals surface area contributed by atoms with Crippen molar-refractivity contribution in [1.82, 2.24) is 9.47 Å². The van der Waals surface area contributed by atoms with Crippen LogP contribution in [0.2, 0.25) is 0 Å². The number of aromatic nitrogens is 1. The molecule has 63 heavy (non-hydrogen) atoms. The van der Waals surface area contributed by atoms with E-state index >= 15 is 0 Å². The van der Waals surface area contributed by atoms with Crippen LogP contribution in [0.4, 0.5) is 0 Å². The van der Waals surface area contributed by atoms with Crippen LogP contribution in [0.15, 0.2) is 205 Å². The lowest BCUT2D eigenvalue weighted by Crippen LogP contribution is -2.17. The van der Waals surface area contributed by atoms with Gasteiger partial charge in [-0.2, -0.15) is 0 Å². The van der Waals surface area contributed by atoms with Gasteiger partial charge in [-0.05, 0) is 96.4 Å². The van der Waals surface area contributed by atoms with E-state index in [1.54, 1.807) is 0 Å². The highest BCUT2D eigenvalue weighted by Crippen LogP contribution is 2.57. The molecular formula is C59H42N4. The normalized spacial score (nSPS) is 17.7. The third-order valence-electron chi connectivity index (χ3n) is 14.1. The predicted octanol–water partition coefficient (Wildman–Crippen LogP) is 14.1. The second-order valence-electron chi connectivity index (χ2n) is 17.9. The van der Waals surface area contributed by atoms with Gasteiger partial charge in [0.25, 0.3) is 0 Å². The van der Waals surface area contributed by atoms with Gasteiger partial charge in [-0.3, -0.25) is 5.41 Å². The first-order valence-corrected chi connectivity index (χ1v) is 21.9. The van der Waals surface area contributed by atoms with Crippen LogP contribution >= 0.6 is 0 Å². The molecule has 13 rings (SSSR count). The van der Waals surface area contributed by atoms with E-state index < -0.39 is 0 Å². The Morgan fingerprint density at radius 2 is 1.17 bits per heavy atom. The van der Waals surface area contributed by atoms with Crippen molar-refractivity contribution in [1.29, 1.82) is 5.41 Å². The average molecular weight is 807 g/mol. The Labute approximate surface area is 366 Å². The molecule has 9 aromatic carbocycles. The van der Waals surface area contributed by atoms with Crippen LogP contribution in [0.5, 0.6) is 0 Å². The molecule has 1 unspecified atom stereocenters. The molecule has 1 fully saturated rings. The van der Waals surface area contributed by atoms with Gasteiger partial charge >= 0.3 is 0 Å². The van der Waals surface area contributed by atoms with E-state index in [1.165, 1.54) is 71.2 Å². The Morgan fingerprint density at radius 1 is 0.540 bits per heavy atom. The van der Waals surface area contributed by atoms with Gasteiger partial charge in [0.1, 0.15) is 11.4 Å². The minimum atomic E-state index is -0.260. The fraction of sp³-hybridized carbons (Fsp3) is 0.0847. The number of fused-ring (bicyclic) bond motifs is 13. The van der Waals surface area contributed by atoms with Crippen molar-refractivity contribution in [3.05, 3.63) is 228 Å². The van der Waals surface area contributed by atoms with Gasteiger partial charge in [-0.1, -0.05) is 184 Å². The maximum atomic E-state index is 9.35. The first-order chi connectivity index (χ1) is 30.9. The zero-order chi connectivity index (χ0) is 42.0. The van der Waals surface area contributed by atoms with Crippen molar-refractivity contribution in [3.63, 3.8) is 0 Å². The highest BCUT2D eigenvalue weighted by atomic mass is 15.4. The summed E-state index contributed by atoms with van der Waals surface area (Å²) in [6.45, 7) is 5.71. The number of hydrogen-bond acceptors (Lipinski definition) is 1. The molecule has 1 aliphatic carbocycles. The molecule has 3 heterocycles. The van der Waals surface area contributed by atoms with E-state index in [-0.39, 0.29) is 16.8 Å². The smallest absolute Gasteiger partial charge is 0.154 e. The Bertz CT molecular complexity index is 3630. The van der Waals surface area contributed by atoms with Crippen molar-refractivity contribution >= 4 is 60.6 Å². The molecule has 1 atom stereocenters. The highest BCUT2D eigenvalue weighted by Gasteiger charge is 2.58. The summed E-state index contributed by atoms with van der Waals surface area (Å²) < 4.78 is 2.50. The second-order valence-corrected chi connectivity index (χ2v) is 17.9. The number of aliphatic imine (C=N–C) groups is 1. The number of para-hydroxylation sites is 1. The summed E-state index contributed by atoms with van der Waals surface area (Å²) in [6.07, 6.45) is 2.34. The van der Waals surface area contributed by atoms with Crippen molar-refractivity contribution in [2.75, 3.05) is 6.54 Å². The zero-order valence-corrected chi connectivity index (χ0v) is 35.1. The summed E-state index contributed by atoms with van der Waals surface area (Å²) >= 11 is 0. The summed E-state index contributed by atoms with van der Waals surface area (Å²) in [7, 11) is 0. The first kappa shape index (κ1) is 35.9. The van der Waals surface area contributed by atoms with E-state index in [0.29, 0.717) is 0 Å². The zero-order valence-electron chi connectivity index (χ0n) is 35.1. The summed E-state index contributed by atoms with van der Waals surface area (Å²) in [4.78, 5) is 7.41. The summed E-state index contributed by atoms with van der Waals surface area (Å²) in [5.41, 5.74) is 15.0. The third kappa shape index (κ3) is 5.09. The molecule has 0 amide bonds. The standard InChI is InChI=1S/C59H42N4/c1-58(2)53-47-26-12-10-23-44(47)43-22-9-11-25-46(43)52(53)49-33-32-48-45-24-13-14-27-51(45)63(55(48)54(49)58)42-30-28-37(29-31-42)39-18-15-19-40(34-39)56(60)61-57-50(38-16-5-3-6-17-38)35-59(36-62(57)59)41-20-7-4-8-21-41/h3-35,60H,36H2,1-2H3/b60-56?,61-57-. The second kappa shape index (κ2) is 13.1. The lowest BCUT2D eigenvalue weighted by molar-refractivity contribution is 0.670. The van der Waals surface area contributed by atoms with E-state index in [2.05, 4.69) is 205 Å². The quantitative estimate of drug-likeness (QED) is 0.0800. The van der Waals surface area contributed by atoms with Crippen LogP contribution < -0.4 is 0 Å². The molecule has 1 saturated heterocycles. The molecule has 4 nitrogen and oxygen atoms in total. The number of benzene rings is 9. The fourth-order valence-electron chi connectivity index (χ4n) is 11.2. The molecule has 4 heteroatoms. The molecule has 0 saturated carbocycles. The average Bonchev–Trinajstić information content (AvgIpc) is 3.74. The van der Waals surface area contributed by atoms with Crippen LogP contribution in [0.25, 0.3) is 76.9 Å². The van der Waals surface area contributed by atoms with Gasteiger partial charge in [-0.15, -0.1) is 0 Å². The monoisotopic (exact) mass is 806 g/mol. The van der Waals surface area contributed by atoms with Crippen molar-refractivity contribution in [2.24, 2.45) is 4.99 Å². The molecule has 298 valence electrons. The van der Waals surface area contributed by atoms with Gasteiger partial charge in [-0.25, -0.2) is 4.99 Å². The molecule has 3 aliphatic rings. The van der Waals surface area contributed by atoms with E-state index in [4.69, 9.17) is 4.99 Å². The van der Waals surface area contributed by atoms with Crippen molar-refractivity contribution < 1.29 is 0 Å². The van der Waals surface area contributed by atoms with Gasteiger partial charge < -0.3 is 9.47 Å². The first-order valence-electron chi connectivity index (χ1n) is 21.9. The van der Waals surface area contributed by atoms with E-state index in [0.717, 1.165) is 45.9 Å². The Morgan fingerprint density at radius 3 is 1.94 bits per heavy atom. The summed E-state index contributed by atoms with van der Waals surface area (Å²) in [6, 6.07) is 69.8. The van der Waals surface area contributed by atoms with Crippen molar-refractivity contribution in [3.8, 4) is 27.9 Å². The molecule has 2 aliphatic heterocycles. The Balaban J connectivity index is 0.902.